The Labute approximate surface area is 110 Å². The Morgan fingerprint density at radius 3 is 2.84 bits per heavy atom. The van der Waals surface area contributed by atoms with Gasteiger partial charge in [-0.2, -0.15) is 5.26 Å². The molecule has 1 saturated heterocycles. The summed E-state index contributed by atoms with van der Waals surface area (Å²) in [5.74, 6) is -2.10. The second-order valence-corrected chi connectivity index (χ2v) is 4.65. The first-order valence-electron chi connectivity index (χ1n) is 6.25. The Balaban J connectivity index is 2.07. The predicted octanol–water partition coefficient (Wildman–Crippen LogP) is 2.41. The number of nitriles is 1. The number of hydrogen-bond donors (Lipinski definition) is 0. The van der Waals surface area contributed by atoms with Crippen molar-refractivity contribution < 1.29 is 13.6 Å². The third-order valence-electron chi connectivity index (χ3n) is 3.31. The summed E-state index contributed by atoms with van der Waals surface area (Å²) in [7, 11) is 0. The molecule has 1 aromatic rings. The van der Waals surface area contributed by atoms with Crippen LogP contribution >= 0.6 is 0 Å². The Hall–Kier alpha value is -1.96. The molecule has 100 valence electrons. The van der Waals surface area contributed by atoms with E-state index in [2.05, 4.69) is 6.07 Å². The third-order valence-corrected chi connectivity index (χ3v) is 3.31. The maximum atomic E-state index is 13.1. The molecule has 0 bridgehead atoms. The Kier molecular flexibility index (Phi) is 4.10. The molecule has 1 heterocycles. The molecule has 0 aliphatic carbocycles. The van der Waals surface area contributed by atoms with Crippen molar-refractivity contribution in [1.29, 1.82) is 5.26 Å². The van der Waals surface area contributed by atoms with Gasteiger partial charge in [0.2, 0.25) is 5.91 Å². The summed E-state index contributed by atoms with van der Waals surface area (Å²) >= 11 is 0. The number of likely N-dealkylation sites (tertiary alicyclic amines) is 1. The van der Waals surface area contributed by atoms with E-state index >= 15 is 0 Å². The van der Waals surface area contributed by atoms with Crippen molar-refractivity contribution in [1.82, 2.24) is 4.90 Å². The molecule has 0 radical (unpaired) electrons. The topological polar surface area (TPSA) is 44.1 Å². The van der Waals surface area contributed by atoms with Gasteiger partial charge in [0.05, 0.1) is 12.5 Å². The minimum Gasteiger partial charge on any atom is -0.326 e. The second kappa shape index (κ2) is 5.79. The lowest BCUT2D eigenvalue weighted by molar-refractivity contribution is -0.132. The lowest BCUT2D eigenvalue weighted by atomic mass is 10.0. The first kappa shape index (κ1) is 13.5. The van der Waals surface area contributed by atoms with Gasteiger partial charge in [-0.15, -0.1) is 0 Å². The van der Waals surface area contributed by atoms with E-state index in [0.717, 1.165) is 25.0 Å². The van der Waals surface area contributed by atoms with E-state index in [1.54, 1.807) is 0 Å². The number of halogens is 2. The van der Waals surface area contributed by atoms with E-state index in [1.165, 1.54) is 11.0 Å². The maximum absolute atomic E-state index is 13.1. The van der Waals surface area contributed by atoms with Crippen LogP contribution in [0.2, 0.25) is 0 Å². The molecule has 3 nitrogen and oxygen atoms in total. The van der Waals surface area contributed by atoms with Crippen LogP contribution in [0.25, 0.3) is 0 Å². The monoisotopic (exact) mass is 264 g/mol. The molecule has 2 rings (SSSR count). The quantitative estimate of drug-likeness (QED) is 0.823. The van der Waals surface area contributed by atoms with Gasteiger partial charge in [0.1, 0.15) is 6.04 Å². The van der Waals surface area contributed by atoms with Crippen molar-refractivity contribution in [2.45, 2.75) is 31.7 Å². The van der Waals surface area contributed by atoms with E-state index < -0.39 is 17.7 Å². The summed E-state index contributed by atoms with van der Waals surface area (Å²) in [6.45, 7) is 0.556. The number of benzene rings is 1. The van der Waals surface area contributed by atoms with Crippen molar-refractivity contribution in [3.05, 3.63) is 35.4 Å². The molecule has 5 heteroatoms. The van der Waals surface area contributed by atoms with E-state index in [4.69, 9.17) is 5.26 Å². The fourth-order valence-electron chi connectivity index (χ4n) is 2.29. The first-order chi connectivity index (χ1) is 9.11. The number of carbonyl (C=O) groups excluding carboxylic acids is 1. The normalized spacial score (nSPS) is 19.0. The number of amides is 1. The van der Waals surface area contributed by atoms with Crippen LogP contribution in [-0.2, 0) is 11.2 Å². The highest BCUT2D eigenvalue weighted by molar-refractivity contribution is 5.79. The molecule has 1 amide bonds. The van der Waals surface area contributed by atoms with Crippen molar-refractivity contribution in [3.63, 3.8) is 0 Å². The van der Waals surface area contributed by atoms with Gasteiger partial charge in [0.15, 0.2) is 11.6 Å². The largest absolute Gasteiger partial charge is 0.326 e. The SMILES string of the molecule is N#CC1CCCCN1C(=O)Cc1ccc(F)c(F)c1. The second-order valence-electron chi connectivity index (χ2n) is 4.65. The molecule has 1 fully saturated rings. The lowest BCUT2D eigenvalue weighted by Crippen LogP contribution is -2.43. The standard InChI is InChI=1S/C14H14F2N2O/c15-12-5-4-10(7-13(12)16)8-14(19)18-6-2-1-3-11(18)9-17/h4-5,7,11H,1-3,6,8H2. The Morgan fingerprint density at radius 2 is 2.16 bits per heavy atom. The average molecular weight is 264 g/mol. The van der Waals surface area contributed by atoms with Gasteiger partial charge in [-0.25, -0.2) is 8.78 Å². The summed E-state index contributed by atoms with van der Waals surface area (Å²) in [5, 5.41) is 9.00. The molecule has 1 aliphatic rings. The van der Waals surface area contributed by atoms with Crippen LogP contribution < -0.4 is 0 Å². The van der Waals surface area contributed by atoms with Gasteiger partial charge in [-0.3, -0.25) is 4.79 Å². The van der Waals surface area contributed by atoms with Crippen LogP contribution in [0.1, 0.15) is 24.8 Å². The molecular weight excluding hydrogens is 250 g/mol. The molecule has 1 aromatic carbocycles. The number of piperidine rings is 1. The van der Waals surface area contributed by atoms with E-state index in [0.29, 0.717) is 18.5 Å². The van der Waals surface area contributed by atoms with Crippen molar-refractivity contribution >= 4 is 5.91 Å². The molecule has 1 unspecified atom stereocenters. The summed E-state index contributed by atoms with van der Waals surface area (Å²) in [5.41, 5.74) is 0.422. The average Bonchev–Trinajstić information content (AvgIpc) is 2.43. The summed E-state index contributed by atoms with van der Waals surface area (Å²) in [6, 6.07) is 5.14. The van der Waals surface area contributed by atoms with Crippen molar-refractivity contribution in [3.8, 4) is 6.07 Å². The number of nitrogens with zero attached hydrogens (tertiary/aromatic N) is 2. The molecule has 1 aliphatic heterocycles. The highest BCUT2D eigenvalue weighted by atomic mass is 19.2. The highest BCUT2D eigenvalue weighted by Crippen LogP contribution is 2.18. The molecule has 1 atom stereocenters. The zero-order valence-electron chi connectivity index (χ0n) is 10.4. The third kappa shape index (κ3) is 3.08. The van der Waals surface area contributed by atoms with Gasteiger partial charge >= 0.3 is 0 Å². The molecule has 19 heavy (non-hydrogen) atoms. The van der Waals surface area contributed by atoms with E-state index in [1.807, 2.05) is 0 Å². The van der Waals surface area contributed by atoms with Crippen molar-refractivity contribution in [2.75, 3.05) is 6.54 Å². The lowest BCUT2D eigenvalue weighted by Gasteiger charge is -2.31. The summed E-state index contributed by atoms with van der Waals surface area (Å²) < 4.78 is 25.9. The molecule has 0 spiro atoms. The van der Waals surface area contributed by atoms with Gasteiger partial charge in [-0.1, -0.05) is 6.07 Å². The zero-order valence-corrected chi connectivity index (χ0v) is 10.4. The summed E-state index contributed by atoms with van der Waals surface area (Å²) in [4.78, 5) is 13.6. The van der Waals surface area contributed by atoms with E-state index in [-0.39, 0.29) is 12.3 Å². The number of rotatable bonds is 2. The number of hydrogen-bond acceptors (Lipinski definition) is 2. The minimum absolute atomic E-state index is 0.00458. The van der Waals surface area contributed by atoms with Gasteiger partial charge in [-0.05, 0) is 37.0 Å². The first-order valence-corrected chi connectivity index (χ1v) is 6.25. The highest BCUT2D eigenvalue weighted by Gasteiger charge is 2.26. The summed E-state index contributed by atoms with van der Waals surface area (Å²) in [6.07, 6.45) is 2.49. The van der Waals surface area contributed by atoms with Crippen LogP contribution in [0.15, 0.2) is 18.2 Å². The van der Waals surface area contributed by atoms with Crippen LogP contribution in [0.4, 0.5) is 8.78 Å². The number of carbonyl (C=O) groups is 1. The molecule has 0 saturated carbocycles. The van der Waals surface area contributed by atoms with E-state index in [9.17, 15) is 13.6 Å². The molecule has 0 aromatic heterocycles. The molecular formula is C14H14F2N2O. The zero-order chi connectivity index (χ0) is 13.8. The Bertz CT molecular complexity index is 525. The fourth-order valence-corrected chi connectivity index (χ4v) is 2.29. The maximum Gasteiger partial charge on any atom is 0.228 e. The van der Waals surface area contributed by atoms with Gasteiger partial charge in [0, 0.05) is 6.54 Å². The van der Waals surface area contributed by atoms with Gasteiger partial charge < -0.3 is 4.90 Å². The van der Waals surface area contributed by atoms with Crippen LogP contribution in [0.3, 0.4) is 0 Å². The molecule has 0 N–H and O–H groups in total. The predicted molar refractivity (Wildman–Crippen MR) is 65.0 cm³/mol. The smallest absolute Gasteiger partial charge is 0.228 e. The minimum atomic E-state index is -0.958. The fraction of sp³-hybridized carbons (Fsp3) is 0.429. The van der Waals surface area contributed by atoms with Crippen molar-refractivity contribution in [2.24, 2.45) is 0 Å². The van der Waals surface area contributed by atoms with Gasteiger partial charge in [0.25, 0.3) is 0 Å². The van der Waals surface area contributed by atoms with Crippen LogP contribution in [0.5, 0.6) is 0 Å². The Morgan fingerprint density at radius 1 is 1.37 bits per heavy atom. The van der Waals surface area contributed by atoms with Crippen LogP contribution in [0, 0.1) is 23.0 Å². The van der Waals surface area contributed by atoms with Crippen LogP contribution in [-0.4, -0.2) is 23.4 Å².